The van der Waals surface area contributed by atoms with E-state index in [-0.39, 0.29) is 5.91 Å². The van der Waals surface area contributed by atoms with Crippen molar-refractivity contribution in [3.63, 3.8) is 0 Å². The van der Waals surface area contributed by atoms with Gasteiger partial charge in [-0.1, -0.05) is 13.8 Å². The number of rotatable bonds is 5. The first kappa shape index (κ1) is 12.8. The Hall–Kier alpha value is -0.610. The minimum atomic E-state index is 0.186. The Morgan fingerprint density at radius 3 is 3.00 bits per heavy atom. The van der Waals surface area contributed by atoms with E-state index in [9.17, 15) is 4.79 Å². The van der Waals surface area contributed by atoms with Crippen LogP contribution in [-0.2, 0) is 4.79 Å². The van der Waals surface area contributed by atoms with Crippen molar-refractivity contribution < 1.29 is 4.79 Å². The number of likely N-dealkylation sites (tertiary alicyclic amines) is 1. The Morgan fingerprint density at radius 1 is 1.47 bits per heavy atom. The smallest absolute Gasteiger partial charge is 0.234 e. The van der Waals surface area contributed by atoms with Crippen LogP contribution in [0.2, 0.25) is 0 Å². The summed E-state index contributed by atoms with van der Waals surface area (Å²) >= 11 is 0. The van der Waals surface area contributed by atoms with Crippen molar-refractivity contribution in [3.05, 3.63) is 0 Å². The Balaban J connectivity index is 1.63. The van der Waals surface area contributed by atoms with Gasteiger partial charge in [-0.15, -0.1) is 0 Å². The van der Waals surface area contributed by atoms with Gasteiger partial charge in [-0.25, -0.2) is 0 Å². The molecule has 4 heteroatoms. The van der Waals surface area contributed by atoms with E-state index < -0.39 is 0 Å². The van der Waals surface area contributed by atoms with E-state index in [0.29, 0.717) is 18.5 Å². The molecule has 0 radical (unpaired) electrons. The van der Waals surface area contributed by atoms with Crippen LogP contribution >= 0.6 is 0 Å². The summed E-state index contributed by atoms with van der Waals surface area (Å²) in [7, 11) is 0. The summed E-state index contributed by atoms with van der Waals surface area (Å²) in [6.07, 6.45) is 2.34. The van der Waals surface area contributed by atoms with Crippen molar-refractivity contribution >= 4 is 5.91 Å². The first-order valence-corrected chi connectivity index (χ1v) is 6.87. The average molecular weight is 239 g/mol. The number of nitrogens with zero attached hydrogens (tertiary/aromatic N) is 1. The molecule has 0 unspecified atom stereocenters. The van der Waals surface area contributed by atoms with Gasteiger partial charge in [-0.2, -0.15) is 0 Å². The Kier molecular flexibility index (Phi) is 4.40. The molecule has 1 amide bonds. The normalized spacial score (nSPS) is 28.6. The number of hydrogen-bond donors (Lipinski definition) is 2. The van der Waals surface area contributed by atoms with E-state index in [0.717, 1.165) is 38.5 Å². The minimum absolute atomic E-state index is 0.186. The molecule has 2 rings (SSSR count). The number of fused-ring (bicyclic) bond motifs is 1. The van der Waals surface area contributed by atoms with E-state index in [1.54, 1.807) is 0 Å². The maximum absolute atomic E-state index is 11.7. The molecule has 2 saturated heterocycles. The molecule has 4 nitrogen and oxygen atoms in total. The lowest BCUT2D eigenvalue weighted by Gasteiger charge is -2.16. The van der Waals surface area contributed by atoms with Crippen molar-refractivity contribution in [1.82, 2.24) is 15.5 Å². The molecule has 0 bridgehead atoms. The summed E-state index contributed by atoms with van der Waals surface area (Å²) in [6, 6.07) is 0.637. The molecule has 2 aliphatic heterocycles. The second-order valence-electron chi connectivity index (χ2n) is 5.84. The lowest BCUT2D eigenvalue weighted by molar-refractivity contribution is -0.122. The maximum atomic E-state index is 11.7. The Labute approximate surface area is 104 Å². The van der Waals surface area contributed by atoms with E-state index in [1.807, 2.05) is 0 Å². The monoisotopic (exact) mass is 239 g/mol. The summed E-state index contributed by atoms with van der Waals surface area (Å²) < 4.78 is 0. The van der Waals surface area contributed by atoms with Gasteiger partial charge in [0.1, 0.15) is 0 Å². The number of nitrogens with one attached hydrogen (secondary N) is 2. The van der Waals surface area contributed by atoms with Crippen molar-refractivity contribution in [2.75, 3.05) is 32.7 Å². The molecular formula is C13H25N3O. The van der Waals surface area contributed by atoms with Crippen LogP contribution in [0.3, 0.4) is 0 Å². The van der Waals surface area contributed by atoms with Gasteiger partial charge in [-0.05, 0) is 31.2 Å². The predicted molar refractivity (Wildman–Crippen MR) is 68.8 cm³/mol. The van der Waals surface area contributed by atoms with Gasteiger partial charge in [-0.3, -0.25) is 9.69 Å². The van der Waals surface area contributed by atoms with Crippen LogP contribution in [0.1, 0.15) is 26.7 Å². The molecule has 2 fully saturated rings. The van der Waals surface area contributed by atoms with E-state index in [2.05, 4.69) is 29.4 Å². The van der Waals surface area contributed by atoms with Crippen LogP contribution in [0.15, 0.2) is 0 Å². The fourth-order valence-corrected chi connectivity index (χ4v) is 2.83. The fraction of sp³-hybridized carbons (Fsp3) is 0.923. The van der Waals surface area contributed by atoms with Gasteiger partial charge in [0.25, 0.3) is 0 Å². The minimum Gasteiger partial charge on any atom is -0.355 e. The highest BCUT2D eigenvalue weighted by Crippen LogP contribution is 2.23. The third kappa shape index (κ3) is 3.68. The number of carbonyl (C=O) groups is 1. The van der Waals surface area contributed by atoms with Crippen LogP contribution in [0.5, 0.6) is 0 Å². The molecule has 0 aliphatic carbocycles. The van der Waals surface area contributed by atoms with Crippen molar-refractivity contribution in [2.45, 2.75) is 32.7 Å². The highest BCUT2D eigenvalue weighted by Gasteiger charge is 2.36. The van der Waals surface area contributed by atoms with E-state index >= 15 is 0 Å². The van der Waals surface area contributed by atoms with Crippen LogP contribution < -0.4 is 10.6 Å². The third-order valence-electron chi connectivity index (χ3n) is 3.85. The van der Waals surface area contributed by atoms with E-state index in [1.165, 1.54) is 6.42 Å². The van der Waals surface area contributed by atoms with Crippen LogP contribution in [0.4, 0.5) is 0 Å². The fourth-order valence-electron chi connectivity index (χ4n) is 2.83. The highest BCUT2D eigenvalue weighted by atomic mass is 16.2. The topological polar surface area (TPSA) is 44.4 Å². The Morgan fingerprint density at radius 2 is 2.29 bits per heavy atom. The summed E-state index contributed by atoms with van der Waals surface area (Å²) in [5, 5.41) is 6.51. The van der Waals surface area contributed by atoms with Crippen LogP contribution in [0.25, 0.3) is 0 Å². The van der Waals surface area contributed by atoms with Crippen molar-refractivity contribution in [2.24, 2.45) is 11.8 Å². The van der Waals surface area contributed by atoms with Crippen molar-refractivity contribution in [3.8, 4) is 0 Å². The van der Waals surface area contributed by atoms with Crippen LogP contribution in [-0.4, -0.2) is 49.6 Å². The first-order valence-electron chi connectivity index (χ1n) is 6.87. The molecule has 17 heavy (non-hydrogen) atoms. The quantitative estimate of drug-likeness (QED) is 0.732. The molecule has 0 spiro atoms. The standard InChI is InChI=1S/C13H25N3O/c1-10(2)3-5-15-13(17)9-16-7-11-4-6-14-12(11)8-16/h10-12,14H,3-9H2,1-2H3,(H,15,17)/t11-,12+/m0/s1. The molecule has 0 aromatic heterocycles. The van der Waals surface area contributed by atoms with Gasteiger partial charge >= 0.3 is 0 Å². The molecule has 2 N–H and O–H groups in total. The van der Waals surface area contributed by atoms with Gasteiger partial charge in [0.2, 0.25) is 5.91 Å². The number of hydrogen-bond acceptors (Lipinski definition) is 3. The van der Waals surface area contributed by atoms with Crippen LogP contribution in [0, 0.1) is 11.8 Å². The summed E-state index contributed by atoms with van der Waals surface area (Å²) in [4.78, 5) is 14.0. The molecule has 0 aromatic rings. The highest BCUT2D eigenvalue weighted by molar-refractivity contribution is 5.78. The zero-order valence-electron chi connectivity index (χ0n) is 11.0. The Bertz CT molecular complexity index is 255. The predicted octanol–water partition coefficient (Wildman–Crippen LogP) is 0.442. The zero-order chi connectivity index (χ0) is 12.3. The largest absolute Gasteiger partial charge is 0.355 e. The first-order chi connectivity index (χ1) is 8.15. The second-order valence-corrected chi connectivity index (χ2v) is 5.84. The third-order valence-corrected chi connectivity index (χ3v) is 3.85. The average Bonchev–Trinajstić information content (AvgIpc) is 2.76. The molecule has 2 aliphatic rings. The van der Waals surface area contributed by atoms with E-state index in [4.69, 9.17) is 0 Å². The molecule has 0 saturated carbocycles. The van der Waals surface area contributed by atoms with Gasteiger partial charge < -0.3 is 10.6 Å². The van der Waals surface area contributed by atoms with Gasteiger partial charge in [0.05, 0.1) is 6.54 Å². The summed E-state index contributed by atoms with van der Waals surface area (Å²) in [5.41, 5.74) is 0. The summed E-state index contributed by atoms with van der Waals surface area (Å²) in [5.74, 6) is 1.62. The number of amides is 1. The second kappa shape index (κ2) is 5.83. The van der Waals surface area contributed by atoms with Gasteiger partial charge in [0.15, 0.2) is 0 Å². The SMILES string of the molecule is CC(C)CCNC(=O)CN1C[C@@H]2CCN[C@@H]2C1. The summed E-state index contributed by atoms with van der Waals surface area (Å²) in [6.45, 7) is 9.04. The zero-order valence-corrected chi connectivity index (χ0v) is 11.0. The molecule has 2 heterocycles. The molecule has 0 aromatic carbocycles. The maximum Gasteiger partial charge on any atom is 0.234 e. The lowest BCUT2D eigenvalue weighted by Crippen LogP contribution is -2.38. The number of carbonyl (C=O) groups excluding carboxylic acids is 1. The molecular weight excluding hydrogens is 214 g/mol. The van der Waals surface area contributed by atoms with Crippen molar-refractivity contribution in [1.29, 1.82) is 0 Å². The molecule has 2 atom stereocenters. The van der Waals surface area contributed by atoms with Gasteiger partial charge in [0, 0.05) is 25.7 Å². The molecule has 98 valence electrons. The lowest BCUT2D eigenvalue weighted by atomic mass is 10.1.